The van der Waals surface area contributed by atoms with Crippen LogP contribution in [0.1, 0.15) is 50.6 Å². The minimum absolute atomic E-state index is 0.0702. The second-order valence-electron chi connectivity index (χ2n) is 9.77. The van der Waals surface area contributed by atoms with Crippen LogP contribution in [0.15, 0.2) is 24.3 Å². The van der Waals surface area contributed by atoms with Crippen molar-refractivity contribution < 1.29 is 13.6 Å². The highest BCUT2D eigenvalue weighted by Gasteiger charge is 2.23. The van der Waals surface area contributed by atoms with Crippen LogP contribution >= 0.6 is 23.2 Å². The lowest BCUT2D eigenvalue weighted by Gasteiger charge is -2.31. The Hall–Kier alpha value is -2.38. The Morgan fingerprint density at radius 2 is 1.91 bits per heavy atom. The molecule has 182 valence electrons. The first-order valence-corrected chi connectivity index (χ1v) is 12.1. The number of carbonyl (C=O) groups excluding carboxylic acids is 1. The van der Waals surface area contributed by atoms with Gasteiger partial charge in [0.2, 0.25) is 5.91 Å². The van der Waals surface area contributed by atoms with Gasteiger partial charge in [-0.05, 0) is 31.0 Å². The van der Waals surface area contributed by atoms with Crippen LogP contribution < -0.4 is 10.2 Å². The molecule has 1 fully saturated rings. The molecule has 1 aliphatic heterocycles. The molecule has 1 amide bonds. The molecule has 1 aromatic heterocycles. The van der Waals surface area contributed by atoms with Gasteiger partial charge in [-0.2, -0.15) is 0 Å². The highest BCUT2D eigenvalue weighted by molar-refractivity contribution is 6.34. The van der Waals surface area contributed by atoms with Crippen LogP contribution in [0.2, 0.25) is 10.0 Å². The van der Waals surface area contributed by atoms with Gasteiger partial charge in [-0.25, -0.2) is 13.8 Å². The predicted octanol–water partition coefficient (Wildman–Crippen LogP) is 6.20. The summed E-state index contributed by atoms with van der Waals surface area (Å²) in [6.07, 6.45) is 0.336. The molecule has 0 aliphatic carbocycles. The van der Waals surface area contributed by atoms with E-state index in [1.807, 2.05) is 6.07 Å². The van der Waals surface area contributed by atoms with Crippen LogP contribution in [0, 0.1) is 11.2 Å². The van der Waals surface area contributed by atoms with Crippen molar-refractivity contribution in [1.82, 2.24) is 15.3 Å². The van der Waals surface area contributed by atoms with Crippen LogP contribution in [0.25, 0.3) is 11.0 Å². The zero-order chi connectivity index (χ0) is 24.6. The third-order valence-corrected chi connectivity index (χ3v) is 6.75. The number of halogens is 4. The maximum absolute atomic E-state index is 15.3. The number of nitrogens with zero attached hydrogens (tertiary/aromatic N) is 2. The fraction of sp³-hybridized carbons (Fsp3) is 0.440. The molecule has 1 aliphatic rings. The second-order valence-corrected chi connectivity index (χ2v) is 10.6. The SMILES string of the molecule is CC(C)(C)C(=O)NCc1ccc(Cl)c(Cc2nc3cc(N4CCC(F)CC4)c(Cl)cc3[nH]2)c1F. The average Bonchev–Trinajstić information content (AvgIpc) is 3.16. The summed E-state index contributed by atoms with van der Waals surface area (Å²) in [5, 5.41) is 3.61. The molecule has 5 nitrogen and oxygen atoms in total. The van der Waals surface area contributed by atoms with Gasteiger partial charge in [0, 0.05) is 47.6 Å². The number of amides is 1. The Bertz CT molecular complexity index is 1210. The van der Waals surface area contributed by atoms with Gasteiger partial charge in [0.25, 0.3) is 0 Å². The summed E-state index contributed by atoms with van der Waals surface area (Å²) in [5.41, 5.74) is 2.34. The normalized spacial score (nSPS) is 15.2. The van der Waals surface area contributed by atoms with Crippen LogP contribution in [-0.2, 0) is 17.8 Å². The Morgan fingerprint density at radius 3 is 2.59 bits per heavy atom. The number of piperidine rings is 1. The number of nitrogens with one attached hydrogen (secondary N) is 2. The van der Waals surface area contributed by atoms with E-state index >= 15 is 4.39 Å². The van der Waals surface area contributed by atoms with Crippen LogP contribution in [0.4, 0.5) is 14.5 Å². The van der Waals surface area contributed by atoms with Crippen molar-refractivity contribution in [3.8, 4) is 0 Å². The van der Waals surface area contributed by atoms with Crippen molar-refractivity contribution in [2.75, 3.05) is 18.0 Å². The average molecular weight is 509 g/mol. The number of fused-ring (bicyclic) bond motifs is 1. The summed E-state index contributed by atoms with van der Waals surface area (Å²) in [4.78, 5) is 22.1. The quantitative estimate of drug-likeness (QED) is 0.431. The maximum Gasteiger partial charge on any atom is 0.225 e. The fourth-order valence-corrected chi connectivity index (χ4v) is 4.54. The monoisotopic (exact) mass is 508 g/mol. The van der Waals surface area contributed by atoms with E-state index in [4.69, 9.17) is 23.2 Å². The van der Waals surface area contributed by atoms with E-state index in [1.165, 1.54) is 0 Å². The van der Waals surface area contributed by atoms with E-state index in [1.54, 1.807) is 39.0 Å². The molecule has 0 radical (unpaired) electrons. The highest BCUT2D eigenvalue weighted by Crippen LogP contribution is 2.33. The molecule has 0 saturated carbocycles. The van der Waals surface area contributed by atoms with Crippen molar-refractivity contribution in [2.45, 2.75) is 52.8 Å². The minimum Gasteiger partial charge on any atom is -0.370 e. The number of hydrogen-bond donors (Lipinski definition) is 2. The molecule has 34 heavy (non-hydrogen) atoms. The van der Waals surface area contributed by atoms with Gasteiger partial charge in [0.05, 0.1) is 21.7 Å². The van der Waals surface area contributed by atoms with E-state index in [2.05, 4.69) is 20.2 Å². The van der Waals surface area contributed by atoms with Gasteiger partial charge in [0.1, 0.15) is 17.8 Å². The second kappa shape index (κ2) is 9.70. The Labute approximate surface area is 207 Å². The molecular formula is C25H28Cl2F2N4O. The summed E-state index contributed by atoms with van der Waals surface area (Å²) < 4.78 is 28.8. The largest absolute Gasteiger partial charge is 0.370 e. The predicted molar refractivity (Wildman–Crippen MR) is 133 cm³/mol. The number of anilines is 1. The molecule has 1 saturated heterocycles. The first-order chi connectivity index (χ1) is 16.0. The van der Waals surface area contributed by atoms with E-state index in [0.29, 0.717) is 53.4 Å². The molecule has 0 atom stereocenters. The summed E-state index contributed by atoms with van der Waals surface area (Å²) in [6, 6.07) is 6.88. The van der Waals surface area contributed by atoms with E-state index in [9.17, 15) is 9.18 Å². The lowest BCUT2D eigenvalue weighted by atomic mass is 9.95. The number of imidazole rings is 1. The van der Waals surface area contributed by atoms with Crippen LogP contribution in [0.3, 0.4) is 0 Å². The standard InChI is InChI=1S/C25H28Cl2F2N4O/c1-25(2,3)24(34)30-13-14-4-5-17(26)16(23(14)29)10-22-31-19-11-18(27)21(12-20(19)32-22)33-8-6-15(28)7-9-33/h4-5,11-12,15H,6-10,13H2,1-3H3,(H,30,34)(H,31,32). The van der Waals surface area contributed by atoms with Crippen molar-refractivity contribution in [2.24, 2.45) is 5.41 Å². The summed E-state index contributed by atoms with van der Waals surface area (Å²) >= 11 is 12.8. The summed E-state index contributed by atoms with van der Waals surface area (Å²) in [5.74, 6) is -0.0820. The van der Waals surface area contributed by atoms with Crippen LogP contribution in [-0.4, -0.2) is 35.1 Å². The van der Waals surface area contributed by atoms with Crippen molar-refractivity contribution in [3.05, 3.63) is 57.1 Å². The minimum atomic E-state index is -0.770. The molecule has 2 N–H and O–H groups in total. The third kappa shape index (κ3) is 5.31. The number of alkyl halides is 1. The van der Waals surface area contributed by atoms with Gasteiger partial charge in [-0.3, -0.25) is 4.79 Å². The number of rotatable bonds is 5. The topological polar surface area (TPSA) is 61.0 Å². The van der Waals surface area contributed by atoms with E-state index in [-0.39, 0.29) is 23.9 Å². The molecule has 0 spiro atoms. The Balaban J connectivity index is 1.57. The smallest absolute Gasteiger partial charge is 0.225 e. The van der Waals surface area contributed by atoms with Crippen molar-refractivity contribution in [1.29, 1.82) is 0 Å². The Morgan fingerprint density at radius 1 is 1.21 bits per heavy atom. The van der Waals surface area contributed by atoms with Gasteiger partial charge in [-0.1, -0.05) is 50.0 Å². The lowest BCUT2D eigenvalue weighted by molar-refractivity contribution is -0.128. The number of aromatic nitrogens is 2. The summed E-state index contributed by atoms with van der Waals surface area (Å²) in [7, 11) is 0. The molecule has 2 heterocycles. The molecule has 2 aromatic carbocycles. The number of benzene rings is 2. The lowest BCUT2D eigenvalue weighted by Crippen LogP contribution is -2.34. The van der Waals surface area contributed by atoms with Crippen molar-refractivity contribution in [3.63, 3.8) is 0 Å². The van der Waals surface area contributed by atoms with Gasteiger partial charge < -0.3 is 15.2 Å². The summed E-state index contributed by atoms with van der Waals surface area (Å²) in [6.45, 7) is 6.67. The number of carbonyl (C=O) groups is 1. The third-order valence-electron chi connectivity index (χ3n) is 6.10. The van der Waals surface area contributed by atoms with Crippen molar-refractivity contribution >= 4 is 45.8 Å². The number of H-pyrrole nitrogens is 1. The molecule has 0 bridgehead atoms. The first-order valence-electron chi connectivity index (χ1n) is 11.3. The molecule has 3 aromatic rings. The van der Waals surface area contributed by atoms with Gasteiger partial charge in [-0.15, -0.1) is 0 Å². The van der Waals surface area contributed by atoms with Gasteiger partial charge in [0.15, 0.2) is 0 Å². The number of hydrogen-bond acceptors (Lipinski definition) is 3. The molecular weight excluding hydrogens is 481 g/mol. The fourth-order valence-electron chi connectivity index (χ4n) is 4.04. The van der Waals surface area contributed by atoms with Gasteiger partial charge >= 0.3 is 0 Å². The van der Waals surface area contributed by atoms with E-state index < -0.39 is 17.4 Å². The highest BCUT2D eigenvalue weighted by atomic mass is 35.5. The maximum atomic E-state index is 15.3. The molecule has 9 heteroatoms. The molecule has 0 unspecified atom stereocenters. The van der Waals surface area contributed by atoms with Crippen LogP contribution in [0.5, 0.6) is 0 Å². The first kappa shape index (κ1) is 24.7. The molecule has 4 rings (SSSR count). The number of aromatic amines is 1. The van der Waals surface area contributed by atoms with E-state index in [0.717, 1.165) is 11.2 Å². The zero-order valence-electron chi connectivity index (χ0n) is 19.4. The Kier molecular flexibility index (Phi) is 7.06. The zero-order valence-corrected chi connectivity index (χ0v) is 21.0.